The van der Waals surface area contributed by atoms with Gasteiger partial charge in [0.15, 0.2) is 0 Å². The highest BCUT2D eigenvalue weighted by Crippen LogP contribution is 2.22. The van der Waals surface area contributed by atoms with Crippen LogP contribution in [0.3, 0.4) is 0 Å². The van der Waals surface area contributed by atoms with Crippen LogP contribution in [-0.4, -0.2) is 10.2 Å². The number of alkyl halides is 1. The second-order valence-electron chi connectivity index (χ2n) is 3.04. The van der Waals surface area contributed by atoms with Crippen LogP contribution in [0, 0.1) is 11.6 Å². The lowest BCUT2D eigenvalue weighted by Gasteiger charge is -1.97. The lowest BCUT2D eigenvalue weighted by molar-refractivity contribution is 0.585. The lowest BCUT2D eigenvalue weighted by atomic mass is 10.1. The SMILES string of the molecule is Fc1ccc(-c2cc(CCl)[nH]n2)c(F)c1. The molecule has 15 heavy (non-hydrogen) atoms. The van der Waals surface area contributed by atoms with Gasteiger partial charge >= 0.3 is 0 Å². The molecule has 0 aliphatic rings. The highest BCUT2D eigenvalue weighted by molar-refractivity contribution is 6.16. The Hall–Kier alpha value is -1.42. The number of rotatable bonds is 2. The van der Waals surface area contributed by atoms with Crippen LogP contribution in [-0.2, 0) is 5.88 Å². The van der Waals surface area contributed by atoms with E-state index in [2.05, 4.69) is 10.2 Å². The molecule has 1 N–H and O–H groups in total. The molecule has 0 aliphatic heterocycles. The zero-order valence-electron chi connectivity index (χ0n) is 7.60. The van der Waals surface area contributed by atoms with E-state index in [1.54, 1.807) is 6.07 Å². The van der Waals surface area contributed by atoms with Crippen LogP contribution in [0.25, 0.3) is 11.3 Å². The number of halogens is 3. The first-order valence-electron chi connectivity index (χ1n) is 4.26. The fraction of sp³-hybridized carbons (Fsp3) is 0.100. The van der Waals surface area contributed by atoms with Crippen molar-refractivity contribution in [2.24, 2.45) is 0 Å². The minimum atomic E-state index is -0.636. The first-order valence-corrected chi connectivity index (χ1v) is 4.80. The van der Waals surface area contributed by atoms with E-state index in [1.165, 1.54) is 12.1 Å². The molecule has 2 nitrogen and oxygen atoms in total. The molecule has 1 aromatic carbocycles. The van der Waals surface area contributed by atoms with Crippen LogP contribution in [0.5, 0.6) is 0 Å². The van der Waals surface area contributed by atoms with Gasteiger partial charge in [-0.3, -0.25) is 5.10 Å². The maximum absolute atomic E-state index is 13.3. The van der Waals surface area contributed by atoms with Crippen molar-refractivity contribution in [3.05, 3.63) is 41.6 Å². The number of hydrogen-bond acceptors (Lipinski definition) is 1. The summed E-state index contributed by atoms with van der Waals surface area (Å²) in [7, 11) is 0. The third kappa shape index (κ3) is 1.99. The van der Waals surface area contributed by atoms with Crippen LogP contribution in [0.2, 0.25) is 0 Å². The summed E-state index contributed by atoms with van der Waals surface area (Å²) in [5.41, 5.74) is 1.36. The number of nitrogens with zero attached hydrogens (tertiary/aromatic N) is 1. The molecule has 0 amide bonds. The molecule has 0 aliphatic carbocycles. The highest BCUT2D eigenvalue weighted by atomic mass is 35.5. The fourth-order valence-electron chi connectivity index (χ4n) is 1.27. The van der Waals surface area contributed by atoms with Gasteiger partial charge in [-0.2, -0.15) is 5.10 Å². The summed E-state index contributed by atoms with van der Waals surface area (Å²) < 4.78 is 26.0. The molecule has 0 atom stereocenters. The zero-order chi connectivity index (χ0) is 10.8. The second-order valence-corrected chi connectivity index (χ2v) is 3.30. The smallest absolute Gasteiger partial charge is 0.135 e. The second kappa shape index (κ2) is 3.98. The van der Waals surface area contributed by atoms with Gasteiger partial charge in [-0.25, -0.2) is 8.78 Å². The standard InChI is InChI=1S/C10H7ClF2N2/c11-5-7-4-10(15-14-7)8-2-1-6(12)3-9(8)13/h1-4H,5H2,(H,14,15). The minimum absolute atomic E-state index is 0.254. The van der Waals surface area contributed by atoms with E-state index in [0.29, 0.717) is 11.4 Å². The summed E-state index contributed by atoms with van der Waals surface area (Å²) in [6.45, 7) is 0. The van der Waals surface area contributed by atoms with Crippen molar-refractivity contribution < 1.29 is 8.78 Å². The number of aromatic nitrogens is 2. The van der Waals surface area contributed by atoms with Gasteiger partial charge in [0.1, 0.15) is 11.6 Å². The third-order valence-corrected chi connectivity index (χ3v) is 2.27. The van der Waals surface area contributed by atoms with Crippen LogP contribution in [0.4, 0.5) is 8.78 Å². The largest absolute Gasteiger partial charge is 0.281 e. The number of benzene rings is 1. The highest BCUT2D eigenvalue weighted by Gasteiger charge is 2.09. The predicted molar refractivity (Wildman–Crippen MR) is 53.5 cm³/mol. The average Bonchev–Trinajstić information content (AvgIpc) is 2.66. The van der Waals surface area contributed by atoms with Gasteiger partial charge in [0.05, 0.1) is 17.3 Å². The van der Waals surface area contributed by atoms with Crippen molar-refractivity contribution in [1.29, 1.82) is 0 Å². The van der Waals surface area contributed by atoms with E-state index in [1.807, 2.05) is 0 Å². The normalized spacial score (nSPS) is 10.6. The first-order chi connectivity index (χ1) is 7.20. The van der Waals surface area contributed by atoms with Gasteiger partial charge in [0.25, 0.3) is 0 Å². The molecular formula is C10H7ClF2N2. The Balaban J connectivity index is 2.44. The molecule has 0 fully saturated rings. The molecule has 78 valence electrons. The number of H-pyrrole nitrogens is 1. The van der Waals surface area contributed by atoms with Crippen molar-refractivity contribution in [3.63, 3.8) is 0 Å². The molecule has 0 unspecified atom stereocenters. The first kappa shape index (κ1) is 10.1. The summed E-state index contributed by atoms with van der Waals surface area (Å²) in [6, 6.07) is 4.99. The van der Waals surface area contributed by atoms with E-state index in [-0.39, 0.29) is 11.4 Å². The van der Waals surface area contributed by atoms with Gasteiger partial charge in [0, 0.05) is 11.6 Å². The zero-order valence-corrected chi connectivity index (χ0v) is 8.35. The van der Waals surface area contributed by atoms with Crippen molar-refractivity contribution in [2.45, 2.75) is 5.88 Å². The molecule has 1 aromatic heterocycles. The Kier molecular flexibility index (Phi) is 2.68. The maximum atomic E-state index is 13.3. The Morgan fingerprint density at radius 3 is 2.67 bits per heavy atom. The summed E-state index contributed by atoms with van der Waals surface area (Å²) in [4.78, 5) is 0. The maximum Gasteiger partial charge on any atom is 0.135 e. The summed E-state index contributed by atoms with van der Waals surface area (Å²) >= 11 is 5.57. The average molecular weight is 229 g/mol. The Morgan fingerprint density at radius 2 is 2.07 bits per heavy atom. The molecule has 0 bridgehead atoms. The quantitative estimate of drug-likeness (QED) is 0.787. The van der Waals surface area contributed by atoms with Crippen molar-refractivity contribution >= 4 is 11.6 Å². The lowest BCUT2D eigenvalue weighted by Crippen LogP contribution is -1.86. The summed E-state index contributed by atoms with van der Waals surface area (Å²) in [5, 5.41) is 6.53. The Morgan fingerprint density at radius 1 is 1.27 bits per heavy atom. The summed E-state index contributed by atoms with van der Waals surface area (Å²) in [5.74, 6) is -0.970. The van der Waals surface area contributed by atoms with Gasteiger partial charge < -0.3 is 0 Å². The molecule has 5 heteroatoms. The van der Waals surface area contributed by atoms with Crippen molar-refractivity contribution in [1.82, 2.24) is 10.2 Å². The molecule has 2 aromatic rings. The van der Waals surface area contributed by atoms with Crippen LogP contribution in [0.1, 0.15) is 5.69 Å². The monoisotopic (exact) mass is 228 g/mol. The number of nitrogens with one attached hydrogen (secondary N) is 1. The molecule has 0 saturated heterocycles. The molecule has 0 radical (unpaired) electrons. The van der Waals surface area contributed by atoms with Gasteiger partial charge in [-0.15, -0.1) is 11.6 Å². The van der Waals surface area contributed by atoms with E-state index in [9.17, 15) is 8.78 Å². The molecule has 1 heterocycles. The topological polar surface area (TPSA) is 28.7 Å². The molecular weight excluding hydrogens is 222 g/mol. The summed E-state index contributed by atoms with van der Waals surface area (Å²) in [6.07, 6.45) is 0. The van der Waals surface area contributed by atoms with E-state index in [4.69, 9.17) is 11.6 Å². The van der Waals surface area contributed by atoms with E-state index >= 15 is 0 Å². The van der Waals surface area contributed by atoms with Crippen LogP contribution in [0.15, 0.2) is 24.3 Å². The Bertz CT molecular complexity index is 482. The van der Waals surface area contributed by atoms with Gasteiger partial charge in [0.2, 0.25) is 0 Å². The van der Waals surface area contributed by atoms with Crippen LogP contribution >= 0.6 is 11.6 Å². The predicted octanol–water partition coefficient (Wildman–Crippen LogP) is 3.09. The third-order valence-electron chi connectivity index (χ3n) is 1.98. The minimum Gasteiger partial charge on any atom is -0.281 e. The molecule has 0 spiro atoms. The van der Waals surface area contributed by atoms with E-state index < -0.39 is 11.6 Å². The van der Waals surface area contributed by atoms with Gasteiger partial charge in [-0.1, -0.05) is 0 Å². The van der Waals surface area contributed by atoms with Crippen LogP contribution < -0.4 is 0 Å². The van der Waals surface area contributed by atoms with Crippen molar-refractivity contribution in [2.75, 3.05) is 0 Å². The molecule has 2 rings (SSSR count). The number of hydrogen-bond donors (Lipinski definition) is 1. The molecule has 0 saturated carbocycles. The van der Waals surface area contributed by atoms with Gasteiger partial charge in [-0.05, 0) is 18.2 Å². The van der Waals surface area contributed by atoms with E-state index in [0.717, 1.165) is 6.07 Å². The van der Waals surface area contributed by atoms with Crippen molar-refractivity contribution in [3.8, 4) is 11.3 Å². The Labute approximate surface area is 89.9 Å². The fourth-order valence-corrected chi connectivity index (χ4v) is 1.40. The number of aromatic amines is 1.